The van der Waals surface area contributed by atoms with Gasteiger partial charge in [-0.05, 0) is 52.4 Å². The summed E-state index contributed by atoms with van der Waals surface area (Å²) in [5.74, 6) is 0.461. The van der Waals surface area contributed by atoms with Gasteiger partial charge in [0, 0.05) is 12.5 Å². The summed E-state index contributed by atoms with van der Waals surface area (Å²) >= 11 is 0. The number of rotatable bonds is 3. The molecule has 3 heteroatoms. The van der Waals surface area contributed by atoms with Crippen molar-refractivity contribution in [1.82, 2.24) is 0 Å². The third-order valence-corrected chi connectivity index (χ3v) is 4.78. The van der Waals surface area contributed by atoms with Gasteiger partial charge in [-0.25, -0.2) is 0 Å². The summed E-state index contributed by atoms with van der Waals surface area (Å²) in [6.07, 6.45) is 9.05. The van der Waals surface area contributed by atoms with Crippen LogP contribution in [0.2, 0.25) is 0 Å². The second kappa shape index (κ2) is 5.48. The van der Waals surface area contributed by atoms with Gasteiger partial charge >= 0.3 is 0 Å². The largest absolute Gasteiger partial charge is 0.378 e. The molecule has 3 saturated heterocycles. The van der Waals surface area contributed by atoms with E-state index >= 15 is 0 Å². The highest BCUT2D eigenvalue weighted by Crippen LogP contribution is 2.39. The first-order chi connectivity index (χ1) is 8.74. The molecule has 104 valence electrons. The van der Waals surface area contributed by atoms with E-state index in [1.165, 1.54) is 38.5 Å². The molecule has 3 aliphatic rings. The zero-order chi connectivity index (χ0) is 12.5. The molecular weight excluding hydrogens is 228 g/mol. The minimum atomic E-state index is 0.360. The maximum Gasteiger partial charge on any atom is 0.0657 e. The van der Waals surface area contributed by atoms with Crippen LogP contribution >= 0.6 is 0 Å². The maximum atomic E-state index is 6.12. The van der Waals surface area contributed by atoms with E-state index in [9.17, 15) is 0 Å². The Labute approximate surface area is 110 Å². The molecule has 0 bridgehead atoms. The monoisotopic (exact) mass is 254 g/mol. The molecule has 0 aromatic rings. The molecule has 0 aliphatic carbocycles. The van der Waals surface area contributed by atoms with Crippen LogP contribution in [-0.2, 0) is 14.2 Å². The third-order valence-electron chi connectivity index (χ3n) is 4.78. The molecule has 0 N–H and O–H groups in total. The zero-order valence-electron chi connectivity index (χ0n) is 11.6. The Hall–Kier alpha value is -0.120. The molecule has 5 unspecified atom stereocenters. The third kappa shape index (κ3) is 2.59. The minimum absolute atomic E-state index is 0.360. The maximum absolute atomic E-state index is 6.12. The molecule has 5 atom stereocenters. The van der Waals surface area contributed by atoms with E-state index < -0.39 is 0 Å². The van der Waals surface area contributed by atoms with Crippen molar-refractivity contribution in [3.05, 3.63) is 0 Å². The Morgan fingerprint density at radius 1 is 0.778 bits per heavy atom. The molecule has 0 spiro atoms. The summed E-state index contributed by atoms with van der Waals surface area (Å²) in [7, 11) is 0. The van der Waals surface area contributed by atoms with Crippen molar-refractivity contribution in [2.75, 3.05) is 6.61 Å². The highest BCUT2D eigenvalue weighted by molar-refractivity contribution is 4.92. The van der Waals surface area contributed by atoms with Crippen molar-refractivity contribution in [3.63, 3.8) is 0 Å². The Balaban J connectivity index is 1.70. The standard InChI is InChI=1S/C15H26O3/c1-10-5-7-13(17-10)15(12-4-3-9-16-12)14-8-6-11(2)18-14/h10-15H,3-9H2,1-2H3. The van der Waals surface area contributed by atoms with Gasteiger partial charge in [0.15, 0.2) is 0 Å². The van der Waals surface area contributed by atoms with Crippen LogP contribution in [0.3, 0.4) is 0 Å². The van der Waals surface area contributed by atoms with E-state index in [0.717, 1.165) is 6.61 Å². The van der Waals surface area contributed by atoms with Crippen LogP contribution in [0, 0.1) is 5.92 Å². The molecule has 0 saturated carbocycles. The number of hydrogen-bond donors (Lipinski definition) is 0. The summed E-state index contributed by atoms with van der Waals surface area (Å²) in [4.78, 5) is 0. The van der Waals surface area contributed by atoms with Gasteiger partial charge in [-0.3, -0.25) is 0 Å². The van der Waals surface area contributed by atoms with Crippen LogP contribution in [0.1, 0.15) is 52.4 Å². The Morgan fingerprint density at radius 3 is 1.78 bits per heavy atom. The van der Waals surface area contributed by atoms with E-state index in [4.69, 9.17) is 14.2 Å². The molecule has 0 aromatic heterocycles. The fraction of sp³-hybridized carbons (Fsp3) is 1.00. The molecule has 3 rings (SSSR count). The van der Waals surface area contributed by atoms with Gasteiger partial charge in [0.2, 0.25) is 0 Å². The topological polar surface area (TPSA) is 27.7 Å². The second-order valence-electron chi connectivity index (χ2n) is 6.25. The van der Waals surface area contributed by atoms with E-state index in [2.05, 4.69) is 13.8 Å². The van der Waals surface area contributed by atoms with Crippen molar-refractivity contribution < 1.29 is 14.2 Å². The Morgan fingerprint density at radius 2 is 1.39 bits per heavy atom. The average Bonchev–Trinajstić information content (AvgIpc) is 3.04. The summed E-state index contributed by atoms with van der Waals surface area (Å²) in [6.45, 7) is 5.29. The molecule has 0 radical (unpaired) electrons. The number of hydrogen-bond acceptors (Lipinski definition) is 3. The van der Waals surface area contributed by atoms with Crippen LogP contribution in [0.15, 0.2) is 0 Å². The Bertz CT molecular complexity index is 255. The highest BCUT2D eigenvalue weighted by atomic mass is 16.5. The van der Waals surface area contributed by atoms with E-state index in [-0.39, 0.29) is 0 Å². The van der Waals surface area contributed by atoms with Crippen molar-refractivity contribution in [2.24, 2.45) is 5.92 Å². The van der Waals surface area contributed by atoms with E-state index in [1.807, 2.05) is 0 Å². The quantitative estimate of drug-likeness (QED) is 0.775. The first kappa shape index (κ1) is 12.9. The van der Waals surface area contributed by atoms with Crippen LogP contribution in [0.5, 0.6) is 0 Å². The van der Waals surface area contributed by atoms with Gasteiger partial charge in [0.25, 0.3) is 0 Å². The SMILES string of the molecule is CC1CCC(C(C2CCCO2)C2CCC(C)O2)O1. The fourth-order valence-electron chi connectivity index (χ4n) is 3.86. The summed E-state index contributed by atoms with van der Waals surface area (Å²) in [6, 6.07) is 0. The molecule has 18 heavy (non-hydrogen) atoms. The first-order valence-electron chi connectivity index (χ1n) is 7.66. The summed E-state index contributed by atoms with van der Waals surface area (Å²) in [5, 5.41) is 0. The van der Waals surface area contributed by atoms with Gasteiger partial charge < -0.3 is 14.2 Å². The summed E-state index contributed by atoms with van der Waals surface area (Å²) < 4.78 is 18.2. The highest BCUT2D eigenvalue weighted by Gasteiger charge is 2.44. The normalized spacial score (nSPS) is 46.7. The number of ether oxygens (including phenoxy) is 3. The lowest BCUT2D eigenvalue weighted by Crippen LogP contribution is -2.40. The minimum Gasteiger partial charge on any atom is -0.378 e. The smallest absolute Gasteiger partial charge is 0.0657 e. The van der Waals surface area contributed by atoms with E-state index in [0.29, 0.717) is 36.4 Å². The zero-order valence-corrected chi connectivity index (χ0v) is 11.6. The molecular formula is C15H26O3. The van der Waals surface area contributed by atoms with Gasteiger partial charge in [-0.1, -0.05) is 0 Å². The molecule has 0 amide bonds. The predicted molar refractivity (Wildman–Crippen MR) is 69.6 cm³/mol. The predicted octanol–water partition coefficient (Wildman–Crippen LogP) is 2.92. The van der Waals surface area contributed by atoms with E-state index in [1.54, 1.807) is 0 Å². The fourth-order valence-corrected chi connectivity index (χ4v) is 3.86. The Kier molecular flexibility index (Phi) is 3.92. The van der Waals surface area contributed by atoms with Gasteiger partial charge in [-0.2, -0.15) is 0 Å². The van der Waals surface area contributed by atoms with Gasteiger partial charge in [0.05, 0.1) is 30.5 Å². The molecule has 3 fully saturated rings. The lowest BCUT2D eigenvalue weighted by atomic mass is 9.86. The lowest BCUT2D eigenvalue weighted by Gasteiger charge is -2.33. The molecule has 0 aromatic carbocycles. The molecule has 3 aliphatic heterocycles. The van der Waals surface area contributed by atoms with Crippen LogP contribution < -0.4 is 0 Å². The molecule has 3 heterocycles. The average molecular weight is 254 g/mol. The summed E-state index contributed by atoms with van der Waals surface area (Å²) in [5.41, 5.74) is 0. The lowest BCUT2D eigenvalue weighted by molar-refractivity contribution is -0.100. The van der Waals surface area contributed by atoms with Gasteiger partial charge in [-0.15, -0.1) is 0 Å². The van der Waals surface area contributed by atoms with Gasteiger partial charge in [0.1, 0.15) is 0 Å². The van der Waals surface area contributed by atoms with Crippen molar-refractivity contribution in [3.8, 4) is 0 Å². The second-order valence-corrected chi connectivity index (χ2v) is 6.25. The first-order valence-corrected chi connectivity index (χ1v) is 7.66. The van der Waals surface area contributed by atoms with Crippen molar-refractivity contribution >= 4 is 0 Å². The van der Waals surface area contributed by atoms with Crippen LogP contribution in [0.4, 0.5) is 0 Å². The van der Waals surface area contributed by atoms with Crippen molar-refractivity contribution in [2.45, 2.75) is 82.9 Å². The van der Waals surface area contributed by atoms with Crippen LogP contribution in [-0.4, -0.2) is 37.1 Å². The van der Waals surface area contributed by atoms with Crippen molar-refractivity contribution in [1.29, 1.82) is 0 Å². The van der Waals surface area contributed by atoms with Crippen LogP contribution in [0.25, 0.3) is 0 Å². The molecule has 3 nitrogen and oxygen atoms in total.